The van der Waals surface area contributed by atoms with Gasteiger partial charge in [-0.25, -0.2) is 0 Å². The van der Waals surface area contributed by atoms with Crippen LogP contribution in [-0.4, -0.2) is 43.3 Å². The van der Waals surface area contributed by atoms with Crippen molar-refractivity contribution in [2.75, 3.05) is 33.5 Å². The van der Waals surface area contributed by atoms with Gasteiger partial charge in [0, 0.05) is 39.2 Å². The lowest BCUT2D eigenvalue weighted by atomic mass is 10.0. The fourth-order valence-electron chi connectivity index (χ4n) is 3.96. The average Bonchev–Trinajstić information content (AvgIpc) is 3.11. The fourth-order valence-corrected chi connectivity index (χ4v) is 3.96. The van der Waals surface area contributed by atoms with Crippen molar-refractivity contribution in [1.82, 2.24) is 9.80 Å². The first kappa shape index (κ1) is 25.3. The molecule has 0 saturated heterocycles. The zero-order chi connectivity index (χ0) is 20.1. The van der Waals surface area contributed by atoms with E-state index in [1.807, 2.05) is 0 Å². The van der Waals surface area contributed by atoms with Gasteiger partial charge in [0.05, 0.1) is 6.67 Å². The molecule has 28 heavy (non-hydrogen) atoms. The molecule has 0 N–H and O–H groups in total. The predicted octanol–water partition coefficient (Wildman–Crippen LogP) is 7.33. The van der Waals surface area contributed by atoms with Gasteiger partial charge in [0.1, 0.15) is 0 Å². The lowest BCUT2D eigenvalue weighted by molar-refractivity contribution is 0.120. The molecule has 0 aromatic rings. The third-order valence-corrected chi connectivity index (χ3v) is 5.81. The van der Waals surface area contributed by atoms with Gasteiger partial charge in [-0.05, 0) is 12.8 Å². The second kappa shape index (κ2) is 19.6. The van der Waals surface area contributed by atoms with Crippen LogP contribution in [0.5, 0.6) is 0 Å². The Morgan fingerprint density at radius 1 is 0.607 bits per heavy atom. The summed E-state index contributed by atoms with van der Waals surface area (Å²) in [4.78, 5) is 4.55. The Balaban J connectivity index is 1.64. The summed E-state index contributed by atoms with van der Waals surface area (Å²) in [5, 5.41) is 0. The van der Waals surface area contributed by atoms with E-state index in [2.05, 4.69) is 36.2 Å². The van der Waals surface area contributed by atoms with Crippen LogP contribution in [0.3, 0.4) is 0 Å². The van der Waals surface area contributed by atoms with Crippen LogP contribution in [0.2, 0.25) is 0 Å². The molecule has 0 amide bonds. The Bertz CT molecular complexity index is 345. The van der Waals surface area contributed by atoms with Gasteiger partial charge in [0.15, 0.2) is 0 Å². The number of hydrogen-bond donors (Lipinski definition) is 0. The van der Waals surface area contributed by atoms with Crippen molar-refractivity contribution in [2.24, 2.45) is 0 Å². The highest BCUT2D eigenvalue weighted by molar-refractivity contribution is 4.88. The molecule has 166 valence electrons. The molecule has 0 bridgehead atoms. The van der Waals surface area contributed by atoms with Crippen molar-refractivity contribution in [3.63, 3.8) is 0 Å². The molecule has 0 spiro atoms. The molecule has 1 aliphatic heterocycles. The molecule has 0 aliphatic carbocycles. The van der Waals surface area contributed by atoms with E-state index in [1.54, 1.807) is 0 Å². The van der Waals surface area contributed by atoms with Gasteiger partial charge in [0.2, 0.25) is 0 Å². The largest absolute Gasteiger partial charge is 0.381 e. The Hall–Kier alpha value is -0.700. The molecule has 0 fully saturated rings. The Labute approximate surface area is 176 Å². The van der Waals surface area contributed by atoms with E-state index in [0.717, 1.165) is 32.8 Å². The van der Waals surface area contributed by atoms with Crippen LogP contribution in [0, 0.1) is 0 Å². The van der Waals surface area contributed by atoms with Crippen LogP contribution in [0.1, 0.15) is 116 Å². The number of rotatable bonds is 21. The first-order valence-electron chi connectivity index (χ1n) is 12.5. The van der Waals surface area contributed by atoms with Gasteiger partial charge in [-0.2, -0.15) is 0 Å². The Kier molecular flexibility index (Phi) is 17.7. The summed E-state index contributed by atoms with van der Waals surface area (Å²) >= 11 is 0. The number of unbranched alkanes of at least 4 members (excludes halogenated alkanes) is 15. The normalized spacial score (nSPS) is 13.8. The van der Waals surface area contributed by atoms with Crippen molar-refractivity contribution < 1.29 is 4.74 Å². The van der Waals surface area contributed by atoms with Crippen molar-refractivity contribution >= 4 is 0 Å². The standard InChI is InChI=1S/C25H50N2O/c1-3-4-5-6-7-8-9-10-11-12-13-14-15-16-17-18-23-28-24-19-20-27-22-21-26(2)25-27/h21-22H,3-20,23-25H2,1-2H3. The number of nitrogens with zero attached hydrogens (tertiary/aromatic N) is 2. The molecule has 0 atom stereocenters. The van der Waals surface area contributed by atoms with Gasteiger partial charge in [-0.15, -0.1) is 0 Å². The maximum absolute atomic E-state index is 5.78. The van der Waals surface area contributed by atoms with Crippen LogP contribution in [-0.2, 0) is 4.74 Å². The lowest BCUT2D eigenvalue weighted by Gasteiger charge is -2.17. The molecule has 0 saturated carbocycles. The third kappa shape index (κ3) is 16.3. The van der Waals surface area contributed by atoms with Gasteiger partial charge in [0.25, 0.3) is 0 Å². The maximum atomic E-state index is 5.78. The topological polar surface area (TPSA) is 15.7 Å². The summed E-state index contributed by atoms with van der Waals surface area (Å²) in [5.74, 6) is 0. The van der Waals surface area contributed by atoms with Crippen LogP contribution in [0.15, 0.2) is 12.4 Å². The molecule has 0 aromatic carbocycles. The number of ether oxygens (including phenoxy) is 1. The second-order valence-electron chi connectivity index (χ2n) is 8.78. The highest BCUT2D eigenvalue weighted by atomic mass is 16.5. The van der Waals surface area contributed by atoms with Crippen molar-refractivity contribution in [2.45, 2.75) is 116 Å². The molecule has 1 heterocycles. The molecule has 1 rings (SSSR count). The van der Waals surface area contributed by atoms with Crippen LogP contribution in [0.4, 0.5) is 0 Å². The Morgan fingerprint density at radius 2 is 1.07 bits per heavy atom. The van der Waals surface area contributed by atoms with Crippen molar-refractivity contribution in [3.8, 4) is 0 Å². The summed E-state index contributed by atoms with van der Waals surface area (Å²) in [6.45, 7) is 6.30. The zero-order valence-electron chi connectivity index (χ0n) is 19.3. The van der Waals surface area contributed by atoms with E-state index in [9.17, 15) is 0 Å². The minimum absolute atomic E-state index is 0.910. The lowest BCUT2D eigenvalue weighted by Crippen LogP contribution is -2.24. The average molecular weight is 395 g/mol. The first-order chi connectivity index (χ1) is 13.8. The minimum Gasteiger partial charge on any atom is -0.381 e. The smallest absolute Gasteiger partial charge is 0.0890 e. The summed E-state index contributed by atoms with van der Waals surface area (Å²) in [6.07, 6.45) is 28.3. The van der Waals surface area contributed by atoms with Crippen molar-refractivity contribution in [3.05, 3.63) is 12.4 Å². The second-order valence-corrected chi connectivity index (χ2v) is 8.78. The van der Waals surface area contributed by atoms with E-state index < -0.39 is 0 Å². The predicted molar refractivity (Wildman–Crippen MR) is 123 cm³/mol. The minimum atomic E-state index is 0.910. The molecular formula is C25H50N2O. The van der Waals surface area contributed by atoms with Crippen LogP contribution in [0.25, 0.3) is 0 Å². The maximum Gasteiger partial charge on any atom is 0.0890 e. The van der Waals surface area contributed by atoms with Gasteiger partial charge in [-0.3, -0.25) is 0 Å². The summed E-state index contributed by atoms with van der Waals surface area (Å²) in [6, 6.07) is 0. The van der Waals surface area contributed by atoms with Gasteiger partial charge in [-0.1, -0.05) is 103 Å². The monoisotopic (exact) mass is 394 g/mol. The van der Waals surface area contributed by atoms with Crippen LogP contribution >= 0.6 is 0 Å². The molecular weight excluding hydrogens is 344 g/mol. The van der Waals surface area contributed by atoms with Crippen LogP contribution < -0.4 is 0 Å². The Morgan fingerprint density at radius 3 is 1.54 bits per heavy atom. The molecule has 3 nitrogen and oxygen atoms in total. The molecule has 0 unspecified atom stereocenters. The molecule has 0 aromatic heterocycles. The summed E-state index contributed by atoms with van der Waals surface area (Å²) in [7, 11) is 2.12. The molecule has 3 heteroatoms. The molecule has 1 aliphatic rings. The van der Waals surface area contributed by atoms with E-state index in [0.29, 0.717) is 0 Å². The quantitative estimate of drug-likeness (QED) is 0.189. The summed E-state index contributed by atoms with van der Waals surface area (Å²) < 4.78 is 5.78. The summed E-state index contributed by atoms with van der Waals surface area (Å²) in [5.41, 5.74) is 0. The SMILES string of the molecule is CCCCCCCCCCCCCCCCCCOCCCN1C=CN(C)C1. The highest BCUT2D eigenvalue weighted by Gasteiger charge is 2.06. The van der Waals surface area contributed by atoms with Crippen molar-refractivity contribution in [1.29, 1.82) is 0 Å². The van der Waals surface area contributed by atoms with E-state index >= 15 is 0 Å². The first-order valence-corrected chi connectivity index (χ1v) is 12.5. The van der Waals surface area contributed by atoms with Gasteiger partial charge < -0.3 is 14.5 Å². The van der Waals surface area contributed by atoms with E-state index in [-0.39, 0.29) is 0 Å². The number of hydrogen-bond acceptors (Lipinski definition) is 3. The van der Waals surface area contributed by atoms with E-state index in [1.165, 1.54) is 103 Å². The molecule has 0 radical (unpaired) electrons. The van der Waals surface area contributed by atoms with E-state index in [4.69, 9.17) is 4.74 Å². The van der Waals surface area contributed by atoms with Gasteiger partial charge >= 0.3 is 0 Å². The third-order valence-electron chi connectivity index (χ3n) is 5.81. The fraction of sp³-hybridized carbons (Fsp3) is 0.920. The zero-order valence-corrected chi connectivity index (χ0v) is 19.3. The highest BCUT2D eigenvalue weighted by Crippen LogP contribution is 2.13.